The average Bonchev–Trinajstić information content (AvgIpc) is 3.08. The molecule has 4 rings (SSSR count). The highest BCUT2D eigenvalue weighted by Gasteiger charge is 2.46. The van der Waals surface area contributed by atoms with Crippen molar-refractivity contribution in [2.45, 2.75) is 12.6 Å². The summed E-state index contributed by atoms with van der Waals surface area (Å²) < 4.78 is 24.7. The topological polar surface area (TPSA) is 89.0 Å². The summed E-state index contributed by atoms with van der Waals surface area (Å²) in [7, 11) is 2.90. The Bertz CT molecular complexity index is 1240. The molecule has 1 atom stereocenters. The number of benzene rings is 2. The number of hydrogen-bond acceptors (Lipinski definition) is 6. The van der Waals surface area contributed by atoms with E-state index in [4.69, 9.17) is 9.47 Å². The third-order valence-electron chi connectivity index (χ3n) is 5.44. The van der Waals surface area contributed by atoms with E-state index >= 15 is 0 Å². The Morgan fingerprint density at radius 3 is 2.58 bits per heavy atom. The summed E-state index contributed by atoms with van der Waals surface area (Å²) >= 11 is 0. The quantitative estimate of drug-likeness (QED) is 0.350. The molecule has 1 saturated heterocycles. The number of aliphatic hydroxyl groups is 1. The van der Waals surface area contributed by atoms with Crippen LogP contribution in [-0.4, -0.2) is 40.9 Å². The molecule has 0 spiro atoms. The second-order valence-electron chi connectivity index (χ2n) is 7.41. The van der Waals surface area contributed by atoms with E-state index in [-0.39, 0.29) is 23.4 Å². The van der Waals surface area contributed by atoms with Crippen LogP contribution in [0.1, 0.15) is 22.7 Å². The zero-order valence-corrected chi connectivity index (χ0v) is 18.0. The Morgan fingerprint density at radius 1 is 1.09 bits per heavy atom. The van der Waals surface area contributed by atoms with Gasteiger partial charge in [-0.05, 0) is 41.5 Å². The number of pyridine rings is 1. The van der Waals surface area contributed by atoms with Crippen LogP contribution in [-0.2, 0) is 16.1 Å². The summed E-state index contributed by atoms with van der Waals surface area (Å²) in [4.78, 5) is 31.5. The van der Waals surface area contributed by atoms with Gasteiger partial charge in [0.2, 0.25) is 0 Å². The Labute approximate surface area is 189 Å². The molecule has 1 aliphatic heterocycles. The maximum absolute atomic E-state index is 14.1. The molecule has 1 N–H and O–H groups in total. The maximum atomic E-state index is 14.1. The third kappa shape index (κ3) is 4.15. The van der Waals surface area contributed by atoms with Crippen molar-refractivity contribution in [2.75, 3.05) is 14.2 Å². The van der Waals surface area contributed by atoms with E-state index in [0.717, 1.165) is 0 Å². The van der Waals surface area contributed by atoms with Crippen LogP contribution >= 0.6 is 0 Å². The van der Waals surface area contributed by atoms with Crippen molar-refractivity contribution in [1.82, 2.24) is 9.88 Å². The zero-order valence-electron chi connectivity index (χ0n) is 18.0. The first-order valence-corrected chi connectivity index (χ1v) is 10.1. The minimum Gasteiger partial charge on any atom is -0.507 e. The fourth-order valence-electron chi connectivity index (χ4n) is 3.89. The molecule has 1 unspecified atom stereocenters. The fourth-order valence-corrected chi connectivity index (χ4v) is 3.89. The van der Waals surface area contributed by atoms with Crippen molar-refractivity contribution < 1.29 is 28.6 Å². The Balaban J connectivity index is 1.90. The van der Waals surface area contributed by atoms with Gasteiger partial charge >= 0.3 is 0 Å². The number of aliphatic hydroxyl groups excluding tert-OH is 1. The van der Waals surface area contributed by atoms with Gasteiger partial charge in [0.25, 0.3) is 11.7 Å². The molecule has 1 aliphatic rings. The SMILES string of the molecule is COc1ccc(/C(O)=C2\C(=O)C(=O)N(Cc3cccnc3)C2c2cccc(F)c2)c(OC)c1. The predicted octanol–water partition coefficient (Wildman–Crippen LogP) is 3.86. The van der Waals surface area contributed by atoms with Crippen molar-refractivity contribution in [3.8, 4) is 11.5 Å². The van der Waals surface area contributed by atoms with Crippen LogP contribution in [0.3, 0.4) is 0 Å². The first kappa shape index (κ1) is 22.0. The van der Waals surface area contributed by atoms with Crippen LogP contribution in [0.5, 0.6) is 11.5 Å². The number of hydrogen-bond donors (Lipinski definition) is 1. The molecule has 1 aromatic heterocycles. The number of carbonyl (C=O) groups excluding carboxylic acids is 2. The predicted molar refractivity (Wildman–Crippen MR) is 118 cm³/mol. The number of likely N-dealkylation sites (tertiary alicyclic amines) is 1. The van der Waals surface area contributed by atoms with Gasteiger partial charge in [0, 0.05) is 25.0 Å². The van der Waals surface area contributed by atoms with Crippen molar-refractivity contribution >= 4 is 17.4 Å². The summed E-state index contributed by atoms with van der Waals surface area (Å²) in [5.41, 5.74) is 1.09. The lowest BCUT2D eigenvalue weighted by Crippen LogP contribution is -2.29. The van der Waals surface area contributed by atoms with Crippen molar-refractivity contribution in [2.24, 2.45) is 0 Å². The highest BCUT2D eigenvalue weighted by molar-refractivity contribution is 6.46. The number of aromatic nitrogens is 1. The molecule has 1 amide bonds. The molecule has 3 aromatic rings. The zero-order chi connectivity index (χ0) is 23.5. The second kappa shape index (κ2) is 9.12. The Hall–Kier alpha value is -4.20. The molecule has 7 nitrogen and oxygen atoms in total. The highest BCUT2D eigenvalue weighted by atomic mass is 19.1. The number of methoxy groups -OCH3 is 2. The lowest BCUT2D eigenvalue weighted by Gasteiger charge is -2.25. The van der Waals surface area contributed by atoms with Crippen LogP contribution in [0.25, 0.3) is 5.76 Å². The number of nitrogens with zero attached hydrogens (tertiary/aromatic N) is 2. The van der Waals surface area contributed by atoms with E-state index in [2.05, 4.69) is 4.98 Å². The minimum atomic E-state index is -1.01. The molecule has 0 bridgehead atoms. The number of carbonyl (C=O) groups is 2. The molecule has 0 saturated carbocycles. The van der Waals surface area contributed by atoms with Gasteiger partial charge in [0.1, 0.15) is 23.1 Å². The summed E-state index contributed by atoms with van der Waals surface area (Å²) in [6.07, 6.45) is 3.17. The molecule has 1 fully saturated rings. The summed E-state index contributed by atoms with van der Waals surface area (Å²) in [5, 5.41) is 11.2. The molecular formula is C25H21FN2O5. The first-order valence-electron chi connectivity index (χ1n) is 10.1. The van der Waals surface area contributed by atoms with Crippen molar-refractivity contribution in [3.05, 3.63) is 95.1 Å². The van der Waals surface area contributed by atoms with E-state index in [1.807, 2.05) is 0 Å². The smallest absolute Gasteiger partial charge is 0.295 e. The number of ether oxygens (including phenoxy) is 2. The van der Waals surface area contributed by atoms with Crippen LogP contribution in [0.2, 0.25) is 0 Å². The molecule has 2 aromatic carbocycles. The highest BCUT2D eigenvalue weighted by Crippen LogP contribution is 2.42. The van der Waals surface area contributed by atoms with Gasteiger partial charge in [-0.2, -0.15) is 0 Å². The Kier molecular flexibility index (Phi) is 6.08. The summed E-state index contributed by atoms with van der Waals surface area (Å²) in [6, 6.07) is 12.8. The fraction of sp³-hybridized carbons (Fsp3) is 0.160. The van der Waals surface area contributed by atoms with Crippen molar-refractivity contribution in [1.29, 1.82) is 0 Å². The second-order valence-corrected chi connectivity index (χ2v) is 7.41. The van der Waals surface area contributed by atoms with Gasteiger partial charge in [-0.1, -0.05) is 18.2 Å². The largest absolute Gasteiger partial charge is 0.507 e. The minimum absolute atomic E-state index is 0.0517. The lowest BCUT2D eigenvalue weighted by molar-refractivity contribution is -0.140. The van der Waals surface area contributed by atoms with Crippen LogP contribution in [0, 0.1) is 5.82 Å². The van der Waals surface area contributed by atoms with Crippen LogP contribution in [0.4, 0.5) is 4.39 Å². The van der Waals surface area contributed by atoms with Gasteiger partial charge in [-0.3, -0.25) is 14.6 Å². The number of amides is 1. The van der Waals surface area contributed by atoms with Gasteiger partial charge in [-0.25, -0.2) is 4.39 Å². The van der Waals surface area contributed by atoms with E-state index < -0.39 is 29.3 Å². The number of halogens is 1. The Morgan fingerprint density at radius 2 is 1.91 bits per heavy atom. The standard InChI is InChI=1S/C25H21FN2O5/c1-32-18-8-9-19(20(12-18)33-2)23(29)21-22(16-6-3-7-17(26)11-16)28(25(31)24(21)30)14-15-5-4-10-27-13-15/h3-13,22,29H,14H2,1-2H3/b23-21+. The molecule has 0 aliphatic carbocycles. The molecular weight excluding hydrogens is 427 g/mol. The van der Waals surface area contributed by atoms with Crippen LogP contribution in [0.15, 0.2) is 72.6 Å². The summed E-state index contributed by atoms with van der Waals surface area (Å²) in [5.74, 6) is -1.88. The van der Waals surface area contributed by atoms with E-state index in [9.17, 15) is 19.1 Å². The molecule has 33 heavy (non-hydrogen) atoms. The van der Waals surface area contributed by atoms with E-state index in [0.29, 0.717) is 16.9 Å². The normalized spacial score (nSPS) is 17.3. The summed E-state index contributed by atoms with van der Waals surface area (Å²) in [6.45, 7) is 0.0517. The van der Waals surface area contributed by atoms with Gasteiger partial charge < -0.3 is 19.5 Å². The average molecular weight is 448 g/mol. The maximum Gasteiger partial charge on any atom is 0.295 e. The number of Topliss-reactive ketones (excluding diaryl/α,β-unsaturated/α-hetero) is 1. The number of ketones is 1. The van der Waals surface area contributed by atoms with Gasteiger partial charge in [0.15, 0.2) is 0 Å². The van der Waals surface area contributed by atoms with Gasteiger partial charge in [0.05, 0.1) is 31.4 Å². The van der Waals surface area contributed by atoms with Gasteiger partial charge in [-0.15, -0.1) is 0 Å². The molecule has 8 heteroatoms. The van der Waals surface area contributed by atoms with E-state index in [1.54, 1.807) is 42.7 Å². The first-order chi connectivity index (χ1) is 15.9. The molecule has 2 heterocycles. The molecule has 168 valence electrons. The molecule has 0 radical (unpaired) electrons. The van der Waals surface area contributed by atoms with Crippen molar-refractivity contribution in [3.63, 3.8) is 0 Å². The third-order valence-corrected chi connectivity index (χ3v) is 5.44. The van der Waals surface area contributed by atoms with Crippen LogP contribution < -0.4 is 9.47 Å². The number of rotatable bonds is 6. The van der Waals surface area contributed by atoms with E-state index in [1.165, 1.54) is 43.4 Å². The monoisotopic (exact) mass is 448 g/mol. The lowest BCUT2D eigenvalue weighted by atomic mass is 9.94.